The highest BCUT2D eigenvalue weighted by molar-refractivity contribution is 5.15. The summed E-state index contributed by atoms with van der Waals surface area (Å²) in [4.78, 5) is 0. The third-order valence-electron chi connectivity index (χ3n) is 2.47. The van der Waals surface area contributed by atoms with Gasteiger partial charge in [-0.25, -0.2) is 0 Å². The minimum Gasteiger partial charge on any atom is -0.387 e. The van der Waals surface area contributed by atoms with Gasteiger partial charge in [0.05, 0.1) is 18.8 Å². The lowest BCUT2D eigenvalue weighted by molar-refractivity contribution is -0.00280. The largest absolute Gasteiger partial charge is 0.387 e. The first kappa shape index (κ1) is 7.32. The monoisotopic (exact) mass is 154 g/mol. The summed E-state index contributed by atoms with van der Waals surface area (Å²) < 4.78 is 5.48. The molecule has 0 radical (unpaired) electrons. The average Bonchev–Trinajstić information content (AvgIpc) is 2.04. The van der Waals surface area contributed by atoms with Crippen molar-refractivity contribution in [3.05, 3.63) is 11.6 Å². The van der Waals surface area contributed by atoms with Gasteiger partial charge in [0.2, 0.25) is 0 Å². The van der Waals surface area contributed by atoms with Crippen molar-refractivity contribution in [2.75, 3.05) is 6.61 Å². The van der Waals surface area contributed by atoms with Crippen LogP contribution >= 0.6 is 0 Å². The van der Waals surface area contributed by atoms with Crippen LogP contribution in [0.1, 0.15) is 25.7 Å². The number of aliphatic hydroxyl groups excluding tert-OH is 1. The molecule has 2 aliphatic rings. The fourth-order valence-corrected chi connectivity index (χ4v) is 1.90. The molecule has 0 unspecified atom stereocenters. The molecule has 0 aromatic carbocycles. The molecule has 2 heteroatoms. The molecular formula is C9H14O2. The van der Waals surface area contributed by atoms with Gasteiger partial charge in [-0.1, -0.05) is 12.5 Å². The van der Waals surface area contributed by atoms with Gasteiger partial charge in [0, 0.05) is 0 Å². The van der Waals surface area contributed by atoms with Crippen LogP contribution in [0.3, 0.4) is 0 Å². The van der Waals surface area contributed by atoms with Crippen molar-refractivity contribution in [2.24, 2.45) is 0 Å². The number of fused-ring (bicyclic) bond motifs is 1. The quantitative estimate of drug-likeness (QED) is 0.532. The Morgan fingerprint density at radius 1 is 1.45 bits per heavy atom. The van der Waals surface area contributed by atoms with Crippen LogP contribution in [0.25, 0.3) is 0 Å². The molecule has 1 aliphatic carbocycles. The van der Waals surface area contributed by atoms with Crippen molar-refractivity contribution in [1.82, 2.24) is 0 Å². The number of aliphatic hydroxyl groups is 1. The van der Waals surface area contributed by atoms with Gasteiger partial charge in [-0.05, 0) is 24.8 Å². The summed E-state index contributed by atoms with van der Waals surface area (Å²) >= 11 is 0. The van der Waals surface area contributed by atoms with E-state index in [2.05, 4.69) is 0 Å². The van der Waals surface area contributed by atoms with Gasteiger partial charge in [-0.3, -0.25) is 0 Å². The Balaban J connectivity index is 2.10. The summed E-state index contributed by atoms with van der Waals surface area (Å²) in [6.45, 7) is 0.494. The third kappa shape index (κ3) is 1.47. The van der Waals surface area contributed by atoms with E-state index in [1.165, 1.54) is 18.4 Å². The van der Waals surface area contributed by atoms with Crippen molar-refractivity contribution in [1.29, 1.82) is 0 Å². The maximum Gasteiger partial charge on any atom is 0.0958 e. The molecule has 11 heavy (non-hydrogen) atoms. The lowest BCUT2D eigenvalue weighted by Gasteiger charge is -2.30. The number of hydrogen-bond donors (Lipinski definition) is 1. The molecule has 0 amide bonds. The summed E-state index contributed by atoms with van der Waals surface area (Å²) in [7, 11) is 0. The third-order valence-corrected chi connectivity index (χ3v) is 2.47. The summed E-state index contributed by atoms with van der Waals surface area (Å²) in [6.07, 6.45) is 6.79. The van der Waals surface area contributed by atoms with Gasteiger partial charge in [0.1, 0.15) is 0 Å². The van der Waals surface area contributed by atoms with Crippen molar-refractivity contribution in [2.45, 2.75) is 37.9 Å². The molecule has 1 fully saturated rings. The Hall–Kier alpha value is -0.340. The predicted molar refractivity (Wildman–Crippen MR) is 42.3 cm³/mol. The standard InChI is InChI=1S/C9H14O2/c10-8-5-7-3-1-2-4-9(7)11-6-8/h5,8-10H,1-4,6H2/t8-,9-/m0/s1. The molecular weight excluding hydrogens is 140 g/mol. The van der Waals surface area contributed by atoms with E-state index in [0.29, 0.717) is 12.7 Å². The van der Waals surface area contributed by atoms with Gasteiger partial charge in [-0.15, -0.1) is 0 Å². The average molecular weight is 154 g/mol. The van der Waals surface area contributed by atoms with E-state index < -0.39 is 0 Å². The second kappa shape index (κ2) is 2.95. The Morgan fingerprint density at radius 2 is 2.36 bits per heavy atom. The van der Waals surface area contributed by atoms with Crippen molar-refractivity contribution < 1.29 is 9.84 Å². The van der Waals surface area contributed by atoms with Crippen LogP contribution in [-0.4, -0.2) is 23.9 Å². The first-order chi connectivity index (χ1) is 5.36. The molecule has 2 atom stereocenters. The molecule has 2 nitrogen and oxygen atoms in total. The molecule has 0 saturated heterocycles. The summed E-state index contributed by atoms with van der Waals surface area (Å²) in [6, 6.07) is 0. The smallest absolute Gasteiger partial charge is 0.0958 e. The van der Waals surface area contributed by atoms with Crippen LogP contribution in [0.2, 0.25) is 0 Å². The first-order valence-electron chi connectivity index (χ1n) is 4.36. The minimum absolute atomic E-state index is 0.340. The lowest BCUT2D eigenvalue weighted by atomic mass is 9.89. The molecule has 0 spiro atoms. The minimum atomic E-state index is -0.348. The maximum atomic E-state index is 9.25. The van der Waals surface area contributed by atoms with Gasteiger partial charge in [0.25, 0.3) is 0 Å². The van der Waals surface area contributed by atoms with Gasteiger partial charge in [-0.2, -0.15) is 0 Å². The van der Waals surface area contributed by atoms with E-state index in [4.69, 9.17) is 4.74 Å². The van der Waals surface area contributed by atoms with Crippen LogP contribution in [0.4, 0.5) is 0 Å². The van der Waals surface area contributed by atoms with Gasteiger partial charge in [0.15, 0.2) is 0 Å². The van der Waals surface area contributed by atoms with E-state index in [0.717, 1.165) is 12.8 Å². The van der Waals surface area contributed by atoms with Crippen molar-refractivity contribution in [3.8, 4) is 0 Å². The normalized spacial score (nSPS) is 37.7. The second-order valence-electron chi connectivity index (χ2n) is 3.38. The number of ether oxygens (including phenoxy) is 1. The molecule has 62 valence electrons. The fraction of sp³-hybridized carbons (Fsp3) is 0.778. The molecule has 2 rings (SSSR count). The molecule has 0 aromatic heterocycles. The zero-order chi connectivity index (χ0) is 7.68. The van der Waals surface area contributed by atoms with Crippen LogP contribution < -0.4 is 0 Å². The Kier molecular flexibility index (Phi) is 1.96. The van der Waals surface area contributed by atoms with E-state index in [9.17, 15) is 5.11 Å². The summed E-state index contributed by atoms with van der Waals surface area (Å²) in [5.41, 5.74) is 1.33. The summed E-state index contributed by atoms with van der Waals surface area (Å²) in [5, 5.41) is 9.25. The SMILES string of the molecule is O[C@H]1C=C2CCCC[C@@H]2OC1. The molecule has 1 heterocycles. The van der Waals surface area contributed by atoms with Gasteiger partial charge >= 0.3 is 0 Å². The number of hydrogen-bond acceptors (Lipinski definition) is 2. The lowest BCUT2D eigenvalue weighted by Crippen LogP contribution is -2.30. The summed E-state index contributed by atoms with van der Waals surface area (Å²) in [5.74, 6) is 0. The van der Waals surface area contributed by atoms with Crippen LogP contribution in [-0.2, 0) is 4.74 Å². The van der Waals surface area contributed by atoms with E-state index in [-0.39, 0.29) is 6.10 Å². The van der Waals surface area contributed by atoms with Crippen LogP contribution in [0.15, 0.2) is 11.6 Å². The van der Waals surface area contributed by atoms with E-state index in [1.54, 1.807) is 0 Å². The Labute approximate surface area is 66.9 Å². The highest BCUT2D eigenvalue weighted by atomic mass is 16.5. The van der Waals surface area contributed by atoms with Crippen molar-refractivity contribution in [3.63, 3.8) is 0 Å². The van der Waals surface area contributed by atoms with E-state index >= 15 is 0 Å². The van der Waals surface area contributed by atoms with E-state index in [1.807, 2.05) is 6.08 Å². The maximum absolute atomic E-state index is 9.25. The first-order valence-corrected chi connectivity index (χ1v) is 4.36. The predicted octanol–water partition coefficient (Wildman–Crippen LogP) is 1.25. The molecule has 1 saturated carbocycles. The fourth-order valence-electron chi connectivity index (χ4n) is 1.90. The Morgan fingerprint density at radius 3 is 3.27 bits per heavy atom. The Bertz CT molecular complexity index is 174. The number of rotatable bonds is 0. The van der Waals surface area contributed by atoms with Crippen LogP contribution in [0, 0.1) is 0 Å². The molecule has 1 aliphatic heterocycles. The molecule has 0 aromatic rings. The second-order valence-corrected chi connectivity index (χ2v) is 3.38. The van der Waals surface area contributed by atoms with Crippen molar-refractivity contribution >= 4 is 0 Å². The zero-order valence-electron chi connectivity index (χ0n) is 6.62. The molecule has 1 N–H and O–H groups in total. The topological polar surface area (TPSA) is 29.5 Å². The van der Waals surface area contributed by atoms with Crippen LogP contribution in [0.5, 0.6) is 0 Å². The highest BCUT2D eigenvalue weighted by Gasteiger charge is 2.24. The highest BCUT2D eigenvalue weighted by Crippen LogP contribution is 2.29. The molecule has 0 bridgehead atoms. The van der Waals surface area contributed by atoms with Gasteiger partial charge < -0.3 is 9.84 Å². The zero-order valence-corrected chi connectivity index (χ0v) is 6.62.